The summed E-state index contributed by atoms with van der Waals surface area (Å²) >= 11 is 0. The first-order valence-corrected chi connectivity index (χ1v) is 9.00. The van der Waals surface area contributed by atoms with Crippen LogP contribution in [0, 0.1) is 0 Å². The van der Waals surface area contributed by atoms with Gasteiger partial charge in [0.25, 0.3) is 5.91 Å². The molecule has 0 aromatic heterocycles. The number of esters is 1. The van der Waals surface area contributed by atoms with Crippen LogP contribution in [0.5, 0.6) is 0 Å². The van der Waals surface area contributed by atoms with Gasteiger partial charge < -0.3 is 4.74 Å². The molecule has 1 aliphatic rings. The summed E-state index contributed by atoms with van der Waals surface area (Å²) in [6.45, 7) is 1.76. The van der Waals surface area contributed by atoms with Crippen molar-refractivity contribution in [2.75, 3.05) is 12.0 Å². The van der Waals surface area contributed by atoms with E-state index in [1.807, 2.05) is 72.8 Å². The molecule has 4 nitrogen and oxygen atoms in total. The van der Waals surface area contributed by atoms with Gasteiger partial charge in [-0.1, -0.05) is 60.7 Å². The van der Waals surface area contributed by atoms with E-state index < -0.39 is 5.97 Å². The second-order valence-corrected chi connectivity index (χ2v) is 6.55. The molecule has 0 spiro atoms. The van der Waals surface area contributed by atoms with Crippen LogP contribution in [-0.2, 0) is 14.3 Å². The molecule has 0 bridgehead atoms. The molecular formula is C24H19NO3. The minimum Gasteiger partial charge on any atom is -0.465 e. The van der Waals surface area contributed by atoms with E-state index in [0.717, 1.165) is 16.3 Å². The van der Waals surface area contributed by atoms with Crippen molar-refractivity contribution >= 4 is 34.4 Å². The largest absolute Gasteiger partial charge is 0.465 e. The van der Waals surface area contributed by atoms with E-state index >= 15 is 0 Å². The highest BCUT2D eigenvalue weighted by Crippen LogP contribution is 2.36. The quantitative estimate of drug-likeness (QED) is 0.496. The van der Waals surface area contributed by atoms with E-state index in [1.54, 1.807) is 17.9 Å². The van der Waals surface area contributed by atoms with Crippen LogP contribution in [0.1, 0.15) is 12.5 Å². The summed E-state index contributed by atoms with van der Waals surface area (Å²) in [4.78, 5) is 27.4. The number of hydrogen-bond donors (Lipinski definition) is 0. The van der Waals surface area contributed by atoms with Gasteiger partial charge in [0, 0.05) is 11.4 Å². The zero-order valence-electron chi connectivity index (χ0n) is 15.7. The molecular weight excluding hydrogens is 350 g/mol. The molecule has 0 aliphatic carbocycles. The fraction of sp³-hybridized carbons (Fsp3) is 0.0833. The molecule has 0 saturated heterocycles. The number of rotatable bonds is 3. The third-order valence-electron chi connectivity index (χ3n) is 4.93. The molecule has 0 unspecified atom stereocenters. The molecule has 3 aromatic rings. The lowest BCUT2D eigenvalue weighted by Gasteiger charge is -2.17. The highest BCUT2D eigenvalue weighted by atomic mass is 16.5. The number of para-hydroxylation sites is 1. The smallest absolute Gasteiger partial charge is 0.340 e. The molecule has 4 rings (SSSR count). The monoisotopic (exact) mass is 369 g/mol. The molecule has 138 valence electrons. The van der Waals surface area contributed by atoms with Gasteiger partial charge in [-0.15, -0.1) is 0 Å². The molecule has 0 atom stereocenters. The average molecular weight is 369 g/mol. The average Bonchev–Trinajstić information content (AvgIpc) is 2.98. The highest BCUT2D eigenvalue weighted by Gasteiger charge is 2.37. The molecule has 0 fully saturated rings. The summed E-state index contributed by atoms with van der Waals surface area (Å²) in [5.74, 6) is -0.757. The van der Waals surface area contributed by atoms with Crippen molar-refractivity contribution in [3.8, 4) is 0 Å². The number of nitrogens with zero attached hydrogens (tertiary/aromatic N) is 1. The Morgan fingerprint density at radius 1 is 0.929 bits per heavy atom. The third-order valence-corrected chi connectivity index (χ3v) is 4.93. The summed E-state index contributed by atoms with van der Waals surface area (Å²) in [5, 5.41) is 2.09. The Hall–Kier alpha value is -3.66. The van der Waals surface area contributed by atoms with Crippen LogP contribution in [0.25, 0.3) is 16.8 Å². The number of methoxy groups -OCH3 is 1. The second kappa shape index (κ2) is 7.16. The number of anilines is 1. The third kappa shape index (κ3) is 2.89. The number of fused-ring (bicyclic) bond motifs is 1. The van der Waals surface area contributed by atoms with Gasteiger partial charge >= 0.3 is 5.97 Å². The zero-order valence-corrected chi connectivity index (χ0v) is 15.7. The lowest BCUT2D eigenvalue weighted by Crippen LogP contribution is -2.24. The van der Waals surface area contributed by atoms with Crippen molar-refractivity contribution in [1.82, 2.24) is 0 Å². The van der Waals surface area contributed by atoms with E-state index in [4.69, 9.17) is 4.74 Å². The van der Waals surface area contributed by atoms with Crippen LogP contribution in [0.4, 0.5) is 5.69 Å². The number of allylic oxidation sites excluding steroid dienone is 1. The van der Waals surface area contributed by atoms with Gasteiger partial charge in [-0.2, -0.15) is 0 Å². The fourth-order valence-corrected chi connectivity index (χ4v) is 3.60. The summed E-state index contributed by atoms with van der Waals surface area (Å²) in [7, 11) is 1.33. The maximum Gasteiger partial charge on any atom is 0.340 e. The van der Waals surface area contributed by atoms with Crippen molar-refractivity contribution in [3.05, 3.63) is 95.2 Å². The standard InChI is InChI=1S/C24H19NO3/c1-16-22(24(27)28-2)21(23(26)25(16)19-12-4-3-5-13-19)15-18-11-8-10-17-9-6-7-14-20(17)18/h3-15H,1-2H3/b21-15-. The first-order valence-electron chi connectivity index (χ1n) is 9.00. The number of hydrogen-bond acceptors (Lipinski definition) is 3. The van der Waals surface area contributed by atoms with E-state index in [9.17, 15) is 9.59 Å². The van der Waals surface area contributed by atoms with Crippen LogP contribution < -0.4 is 4.90 Å². The van der Waals surface area contributed by atoms with Crippen molar-refractivity contribution in [1.29, 1.82) is 0 Å². The van der Waals surface area contributed by atoms with Gasteiger partial charge in [0.05, 0.1) is 18.3 Å². The summed E-state index contributed by atoms with van der Waals surface area (Å²) < 4.78 is 4.98. The molecule has 0 N–H and O–H groups in total. The Kier molecular flexibility index (Phi) is 4.53. The van der Waals surface area contributed by atoms with Gasteiger partial charge in [0.2, 0.25) is 0 Å². The molecule has 4 heteroatoms. The van der Waals surface area contributed by atoms with E-state index in [-0.39, 0.29) is 5.91 Å². The van der Waals surface area contributed by atoms with E-state index in [2.05, 4.69) is 0 Å². The number of benzene rings is 3. The highest BCUT2D eigenvalue weighted by molar-refractivity contribution is 6.24. The minimum absolute atomic E-state index is 0.239. The maximum absolute atomic E-state index is 13.3. The summed E-state index contributed by atoms with van der Waals surface area (Å²) in [6, 6.07) is 23.2. The van der Waals surface area contributed by atoms with Gasteiger partial charge in [0.1, 0.15) is 0 Å². The lowest BCUT2D eigenvalue weighted by molar-refractivity contribution is -0.136. The number of carbonyl (C=O) groups excluding carboxylic acids is 2. The normalized spacial score (nSPS) is 15.6. The number of amides is 1. The van der Waals surface area contributed by atoms with Crippen LogP contribution in [0.15, 0.2) is 89.6 Å². The van der Waals surface area contributed by atoms with E-state index in [1.165, 1.54) is 7.11 Å². The molecule has 1 heterocycles. The summed E-state index contributed by atoms with van der Waals surface area (Å²) in [5.41, 5.74) is 2.79. The second-order valence-electron chi connectivity index (χ2n) is 6.55. The predicted molar refractivity (Wildman–Crippen MR) is 111 cm³/mol. The molecule has 0 saturated carbocycles. The van der Waals surface area contributed by atoms with Crippen LogP contribution in [0.2, 0.25) is 0 Å². The van der Waals surface area contributed by atoms with E-state index in [0.29, 0.717) is 22.5 Å². The number of ether oxygens (including phenoxy) is 1. The molecule has 1 amide bonds. The summed E-state index contributed by atoms with van der Waals surface area (Å²) in [6.07, 6.45) is 1.78. The van der Waals surface area contributed by atoms with Crippen molar-refractivity contribution in [2.24, 2.45) is 0 Å². The predicted octanol–water partition coefficient (Wildman–Crippen LogP) is 4.72. The molecule has 28 heavy (non-hydrogen) atoms. The molecule has 0 radical (unpaired) electrons. The van der Waals surface area contributed by atoms with Crippen LogP contribution in [0.3, 0.4) is 0 Å². The lowest BCUT2D eigenvalue weighted by atomic mass is 9.99. The Bertz CT molecular complexity index is 1140. The molecule has 1 aliphatic heterocycles. The topological polar surface area (TPSA) is 46.6 Å². The van der Waals surface area contributed by atoms with Crippen molar-refractivity contribution in [3.63, 3.8) is 0 Å². The van der Waals surface area contributed by atoms with Crippen LogP contribution >= 0.6 is 0 Å². The zero-order chi connectivity index (χ0) is 19.7. The molecule has 3 aromatic carbocycles. The van der Waals surface area contributed by atoms with Gasteiger partial charge in [-0.05, 0) is 41.5 Å². The Labute approximate surface area is 163 Å². The van der Waals surface area contributed by atoms with Gasteiger partial charge in [-0.3, -0.25) is 9.69 Å². The fourth-order valence-electron chi connectivity index (χ4n) is 3.60. The minimum atomic E-state index is -0.518. The Morgan fingerprint density at radius 3 is 2.36 bits per heavy atom. The van der Waals surface area contributed by atoms with Crippen molar-refractivity contribution < 1.29 is 14.3 Å². The number of carbonyl (C=O) groups is 2. The van der Waals surface area contributed by atoms with Crippen molar-refractivity contribution in [2.45, 2.75) is 6.92 Å². The van der Waals surface area contributed by atoms with Crippen LogP contribution in [-0.4, -0.2) is 19.0 Å². The SMILES string of the molecule is COC(=O)C1=C(C)N(c2ccccc2)C(=O)/C1=C\c1cccc2ccccc12. The maximum atomic E-state index is 13.3. The first-order chi connectivity index (χ1) is 13.6. The first kappa shape index (κ1) is 17.7. The van der Waals surface area contributed by atoms with Gasteiger partial charge in [-0.25, -0.2) is 4.79 Å². The Morgan fingerprint density at radius 2 is 1.61 bits per heavy atom. The van der Waals surface area contributed by atoms with Gasteiger partial charge in [0.15, 0.2) is 0 Å². The Balaban J connectivity index is 1.91.